The van der Waals surface area contributed by atoms with Gasteiger partial charge < -0.3 is 10.8 Å². The Labute approximate surface area is 111 Å². The zero-order chi connectivity index (χ0) is 13.6. The van der Waals surface area contributed by atoms with Gasteiger partial charge in [0.05, 0.1) is 6.10 Å². The summed E-state index contributed by atoms with van der Waals surface area (Å²) in [4.78, 5) is 0. The van der Waals surface area contributed by atoms with E-state index in [0.717, 1.165) is 31.4 Å². The van der Waals surface area contributed by atoms with Gasteiger partial charge in [0, 0.05) is 12.0 Å². The van der Waals surface area contributed by atoms with Gasteiger partial charge in [0.2, 0.25) is 0 Å². The standard InChI is InChI=1S/C15H19F2NO/c16-12-4-2-10(6-13(12)17)14(19)15(8-18)7-9-1-3-11(15)5-9/h2,4,6,9,11,14,19H,1,3,5,7-8,18H2. The summed E-state index contributed by atoms with van der Waals surface area (Å²) < 4.78 is 26.3. The molecule has 4 atom stereocenters. The molecule has 2 aliphatic carbocycles. The maximum absolute atomic E-state index is 13.3. The van der Waals surface area contributed by atoms with Gasteiger partial charge in [-0.15, -0.1) is 0 Å². The molecule has 1 aromatic rings. The molecule has 2 fully saturated rings. The van der Waals surface area contributed by atoms with Crippen molar-refractivity contribution in [1.29, 1.82) is 0 Å². The molecule has 3 N–H and O–H groups in total. The largest absolute Gasteiger partial charge is 0.388 e. The lowest BCUT2D eigenvalue weighted by molar-refractivity contribution is -0.0132. The lowest BCUT2D eigenvalue weighted by Gasteiger charge is -2.41. The number of benzene rings is 1. The molecule has 2 nitrogen and oxygen atoms in total. The summed E-state index contributed by atoms with van der Waals surface area (Å²) in [7, 11) is 0. The van der Waals surface area contributed by atoms with Crippen molar-refractivity contribution in [3.8, 4) is 0 Å². The van der Waals surface area contributed by atoms with Crippen LogP contribution >= 0.6 is 0 Å². The zero-order valence-electron chi connectivity index (χ0n) is 10.8. The predicted molar refractivity (Wildman–Crippen MR) is 68.3 cm³/mol. The third-order valence-electron chi connectivity index (χ3n) is 5.21. The van der Waals surface area contributed by atoms with Crippen molar-refractivity contribution in [1.82, 2.24) is 0 Å². The molecule has 104 valence electrons. The van der Waals surface area contributed by atoms with Gasteiger partial charge in [-0.3, -0.25) is 0 Å². The Morgan fingerprint density at radius 3 is 2.63 bits per heavy atom. The average molecular weight is 267 g/mol. The van der Waals surface area contributed by atoms with Gasteiger partial charge in [-0.1, -0.05) is 12.5 Å². The van der Waals surface area contributed by atoms with E-state index in [1.54, 1.807) is 0 Å². The molecule has 2 bridgehead atoms. The number of fused-ring (bicyclic) bond motifs is 2. The van der Waals surface area contributed by atoms with Gasteiger partial charge in [0.15, 0.2) is 11.6 Å². The van der Waals surface area contributed by atoms with Crippen molar-refractivity contribution in [2.45, 2.75) is 31.8 Å². The first kappa shape index (κ1) is 13.0. The Bertz CT molecular complexity index is 493. The quantitative estimate of drug-likeness (QED) is 0.884. The lowest BCUT2D eigenvalue weighted by atomic mass is 9.67. The van der Waals surface area contributed by atoms with Gasteiger partial charge >= 0.3 is 0 Å². The molecule has 3 rings (SSSR count). The second-order valence-corrected chi connectivity index (χ2v) is 6.09. The highest BCUT2D eigenvalue weighted by molar-refractivity contribution is 5.24. The molecule has 4 unspecified atom stereocenters. The Balaban J connectivity index is 1.93. The van der Waals surface area contributed by atoms with Crippen LogP contribution in [0.25, 0.3) is 0 Å². The summed E-state index contributed by atoms with van der Waals surface area (Å²) in [6, 6.07) is 3.64. The Kier molecular flexibility index (Phi) is 3.10. The normalized spacial score (nSPS) is 34.7. The number of nitrogens with two attached hydrogens (primary N) is 1. The van der Waals surface area contributed by atoms with E-state index < -0.39 is 17.7 Å². The second-order valence-electron chi connectivity index (χ2n) is 6.09. The molecule has 0 spiro atoms. The van der Waals surface area contributed by atoms with Crippen LogP contribution in [0.5, 0.6) is 0 Å². The minimum atomic E-state index is -0.910. The molecule has 2 saturated carbocycles. The minimum Gasteiger partial charge on any atom is -0.388 e. The van der Waals surface area contributed by atoms with Crippen LogP contribution in [0, 0.1) is 28.9 Å². The number of hydrogen-bond acceptors (Lipinski definition) is 2. The van der Waals surface area contributed by atoms with E-state index >= 15 is 0 Å². The number of aliphatic hydroxyl groups excluding tert-OH is 1. The Morgan fingerprint density at radius 2 is 2.11 bits per heavy atom. The molecule has 0 aliphatic heterocycles. The maximum Gasteiger partial charge on any atom is 0.159 e. The van der Waals surface area contributed by atoms with Crippen LogP contribution in [0.15, 0.2) is 18.2 Å². The molecule has 19 heavy (non-hydrogen) atoms. The predicted octanol–water partition coefficient (Wildman–Crippen LogP) is 2.76. The number of aliphatic hydroxyl groups is 1. The molecular weight excluding hydrogens is 248 g/mol. The SMILES string of the molecule is NCC1(C(O)c2ccc(F)c(F)c2)CC2CCC1C2. The third kappa shape index (κ3) is 1.89. The van der Waals surface area contributed by atoms with Crippen molar-refractivity contribution in [2.24, 2.45) is 23.0 Å². The first-order chi connectivity index (χ1) is 9.06. The summed E-state index contributed by atoms with van der Waals surface area (Å²) in [5, 5.41) is 10.6. The van der Waals surface area contributed by atoms with E-state index in [-0.39, 0.29) is 5.41 Å². The van der Waals surface area contributed by atoms with Crippen LogP contribution in [0.1, 0.15) is 37.4 Å². The van der Waals surface area contributed by atoms with Crippen LogP contribution in [-0.4, -0.2) is 11.7 Å². The van der Waals surface area contributed by atoms with E-state index in [2.05, 4.69) is 0 Å². The molecular formula is C15H19F2NO. The topological polar surface area (TPSA) is 46.2 Å². The van der Waals surface area contributed by atoms with Gasteiger partial charge in [-0.05, 0) is 48.8 Å². The smallest absolute Gasteiger partial charge is 0.159 e. The molecule has 2 aliphatic rings. The van der Waals surface area contributed by atoms with Gasteiger partial charge in [-0.25, -0.2) is 8.78 Å². The van der Waals surface area contributed by atoms with Crippen molar-refractivity contribution in [3.05, 3.63) is 35.4 Å². The molecule has 0 radical (unpaired) electrons. The zero-order valence-corrected chi connectivity index (χ0v) is 10.8. The van der Waals surface area contributed by atoms with Crippen LogP contribution in [0.3, 0.4) is 0 Å². The Hall–Kier alpha value is -1.00. The fraction of sp³-hybridized carbons (Fsp3) is 0.600. The monoisotopic (exact) mass is 267 g/mol. The van der Waals surface area contributed by atoms with Gasteiger partial charge in [0.1, 0.15) is 0 Å². The van der Waals surface area contributed by atoms with Crippen molar-refractivity contribution in [2.75, 3.05) is 6.54 Å². The summed E-state index contributed by atoms with van der Waals surface area (Å²) in [6.07, 6.45) is 3.49. The molecule has 4 heteroatoms. The lowest BCUT2D eigenvalue weighted by Crippen LogP contribution is -2.41. The molecule has 0 amide bonds. The number of halogens is 2. The minimum absolute atomic E-state index is 0.354. The highest BCUT2D eigenvalue weighted by Crippen LogP contribution is 2.60. The van der Waals surface area contributed by atoms with Crippen molar-refractivity contribution < 1.29 is 13.9 Å². The number of hydrogen-bond donors (Lipinski definition) is 2. The van der Waals surface area contributed by atoms with Crippen LogP contribution in [0.2, 0.25) is 0 Å². The first-order valence-electron chi connectivity index (χ1n) is 6.90. The molecule has 0 aromatic heterocycles. The summed E-state index contributed by atoms with van der Waals surface area (Å²) >= 11 is 0. The average Bonchev–Trinajstić information content (AvgIpc) is 3.02. The van der Waals surface area contributed by atoms with Crippen LogP contribution in [0.4, 0.5) is 8.78 Å². The number of rotatable bonds is 3. The van der Waals surface area contributed by atoms with Crippen molar-refractivity contribution in [3.63, 3.8) is 0 Å². The highest BCUT2D eigenvalue weighted by atomic mass is 19.2. The summed E-state index contributed by atoms with van der Waals surface area (Å²) in [5.41, 5.74) is 6.02. The molecule has 0 saturated heterocycles. The third-order valence-corrected chi connectivity index (χ3v) is 5.21. The molecule has 0 heterocycles. The van der Waals surface area contributed by atoms with Crippen LogP contribution in [-0.2, 0) is 0 Å². The van der Waals surface area contributed by atoms with Crippen LogP contribution < -0.4 is 5.73 Å². The Morgan fingerprint density at radius 1 is 1.32 bits per heavy atom. The first-order valence-corrected chi connectivity index (χ1v) is 6.90. The van der Waals surface area contributed by atoms with Gasteiger partial charge in [0.25, 0.3) is 0 Å². The van der Waals surface area contributed by atoms with E-state index in [1.807, 2.05) is 0 Å². The van der Waals surface area contributed by atoms with E-state index in [9.17, 15) is 13.9 Å². The molecule has 1 aromatic carbocycles. The van der Waals surface area contributed by atoms with Gasteiger partial charge in [-0.2, -0.15) is 0 Å². The van der Waals surface area contributed by atoms with E-state index in [0.29, 0.717) is 23.9 Å². The summed E-state index contributed by atoms with van der Waals surface area (Å²) in [5.74, 6) is -0.753. The fourth-order valence-corrected chi connectivity index (χ4v) is 4.20. The fourth-order valence-electron chi connectivity index (χ4n) is 4.20. The second kappa shape index (κ2) is 4.53. The maximum atomic E-state index is 13.3. The van der Waals surface area contributed by atoms with Crippen molar-refractivity contribution >= 4 is 0 Å². The van der Waals surface area contributed by atoms with E-state index in [4.69, 9.17) is 5.73 Å². The highest BCUT2D eigenvalue weighted by Gasteiger charge is 2.54. The van der Waals surface area contributed by atoms with E-state index in [1.165, 1.54) is 12.5 Å². The summed E-state index contributed by atoms with van der Waals surface area (Å²) in [6.45, 7) is 0.397.